The predicted molar refractivity (Wildman–Crippen MR) is 109 cm³/mol. The summed E-state index contributed by atoms with van der Waals surface area (Å²) in [6.45, 7) is 2.44. The molecule has 0 aliphatic rings. The molecule has 0 fully saturated rings. The van der Waals surface area contributed by atoms with Crippen molar-refractivity contribution in [3.63, 3.8) is 0 Å². The van der Waals surface area contributed by atoms with Gasteiger partial charge in [0.15, 0.2) is 5.11 Å². The summed E-state index contributed by atoms with van der Waals surface area (Å²) in [4.78, 5) is 11.9. The molecule has 0 atom stereocenters. The number of carbonyl (C=O) groups is 1. The lowest BCUT2D eigenvalue weighted by Crippen LogP contribution is -2.34. The summed E-state index contributed by atoms with van der Waals surface area (Å²) in [6.07, 6.45) is 0.912. The molecule has 0 saturated carbocycles. The first-order valence-electron chi connectivity index (χ1n) is 7.69. The zero-order valence-electron chi connectivity index (χ0n) is 13.6. The Bertz CT molecular complexity index is 753. The van der Waals surface area contributed by atoms with Crippen molar-refractivity contribution in [3.8, 4) is 5.75 Å². The molecule has 132 valence electrons. The van der Waals surface area contributed by atoms with Gasteiger partial charge in [-0.25, -0.2) is 0 Å². The number of amides is 1. The maximum Gasteiger partial charge on any atom is 0.226 e. The van der Waals surface area contributed by atoms with E-state index in [-0.39, 0.29) is 11.0 Å². The number of thiocarbonyl (C=S) groups is 1. The van der Waals surface area contributed by atoms with Gasteiger partial charge in [-0.2, -0.15) is 0 Å². The van der Waals surface area contributed by atoms with E-state index in [1.165, 1.54) is 0 Å². The summed E-state index contributed by atoms with van der Waals surface area (Å²) in [5.41, 5.74) is 1.94. The third-order valence-corrected chi connectivity index (χ3v) is 4.37. The fourth-order valence-corrected chi connectivity index (χ4v) is 2.96. The van der Waals surface area contributed by atoms with Gasteiger partial charge < -0.3 is 15.4 Å². The first-order chi connectivity index (χ1) is 11.9. The van der Waals surface area contributed by atoms with Crippen LogP contribution >= 0.6 is 39.7 Å². The Hall–Kier alpha value is -1.63. The molecule has 2 aromatic rings. The van der Waals surface area contributed by atoms with Crippen LogP contribution in [0, 0.1) is 6.92 Å². The molecule has 0 aliphatic heterocycles. The first-order valence-corrected chi connectivity index (χ1v) is 9.27. The third kappa shape index (κ3) is 7.02. The minimum atomic E-state index is -0.152. The molecular weight excluding hydrogens is 424 g/mol. The summed E-state index contributed by atoms with van der Waals surface area (Å²) in [5, 5.41) is 6.59. The van der Waals surface area contributed by atoms with Gasteiger partial charge in [0, 0.05) is 15.9 Å². The van der Waals surface area contributed by atoms with Crippen LogP contribution in [0.1, 0.15) is 18.4 Å². The smallest absolute Gasteiger partial charge is 0.226 e. The number of anilines is 1. The molecule has 0 radical (unpaired) electrons. The SMILES string of the molecule is Cc1ccc(NC(=S)NC(=O)CCCOc2ccc(Cl)cc2)c(Br)c1. The van der Waals surface area contributed by atoms with Gasteiger partial charge in [-0.05, 0) is 83.5 Å². The number of rotatable bonds is 6. The van der Waals surface area contributed by atoms with Crippen LogP contribution in [0.15, 0.2) is 46.9 Å². The topological polar surface area (TPSA) is 50.4 Å². The van der Waals surface area contributed by atoms with Crippen LogP contribution < -0.4 is 15.4 Å². The van der Waals surface area contributed by atoms with Gasteiger partial charge in [0.25, 0.3) is 0 Å². The van der Waals surface area contributed by atoms with Gasteiger partial charge in [-0.3, -0.25) is 4.79 Å². The number of halogens is 2. The molecule has 0 heterocycles. The Labute approximate surface area is 166 Å². The zero-order chi connectivity index (χ0) is 18.2. The number of aryl methyl sites for hydroxylation is 1. The van der Waals surface area contributed by atoms with Crippen LogP contribution in [-0.2, 0) is 4.79 Å². The number of nitrogens with one attached hydrogen (secondary N) is 2. The van der Waals surface area contributed by atoms with Crippen molar-refractivity contribution >= 4 is 56.5 Å². The quantitative estimate of drug-likeness (QED) is 0.485. The summed E-state index contributed by atoms with van der Waals surface area (Å²) in [7, 11) is 0. The van der Waals surface area contributed by atoms with Crippen molar-refractivity contribution in [1.29, 1.82) is 0 Å². The molecule has 0 bridgehead atoms. The molecule has 1 amide bonds. The van der Waals surface area contributed by atoms with E-state index in [9.17, 15) is 4.79 Å². The van der Waals surface area contributed by atoms with Crippen molar-refractivity contribution < 1.29 is 9.53 Å². The van der Waals surface area contributed by atoms with Crippen LogP contribution in [0.5, 0.6) is 5.75 Å². The van der Waals surface area contributed by atoms with Gasteiger partial charge in [0.2, 0.25) is 5.91 Å². The highest BCUT2D eigenvalue weighted by molar-refractivity contribution is 9.10. The van der Waals surface area contributed by atoms with E-state index in [1.54, 1.807) is 24.3 Å². The molecule has 0 aromatic heterocycles. The largest absolute Gasteiger partial charge is 0.494 e. The Morgan fingerprint density at radius 1 is 1.24 bits per heavy atom. The monoisotopic (exact) mass is 440 g/mol. The van der Waals surface area contributed by atoms with E-state index in [0.717, 1.165) is 21.5 Å². The Morgan fingerprint density at radius 2 is 1.96 bits per heavy atom. The van der Waals surface area contributed by atoms with E-state index in [4.69, 9.17) is 28.6 Å². The molecule has 0 aliphatic carbocycles. The van der Waals surface area contributed by atoms with E-state index < -0.39 is 0 Å². The minimum Gasteiger partial charge on any atom is -0.494 e. The summed E-state index contributed by atoms with van der Waals surface area (Å²) in [6, 6.07) is 12.9. The lowest BCUT2D eigenvalue weighted by Gasteiger charge is -2.11. The number of benzene rings is 2. The molecule has 2 N–H and O–H groups in total. The van der Waals surface area contributed by atoms with Gasteiger partial charge in [-0.1, -0.05) is 17.7 Å². The molecule has 0 spiro atoms. The second kappa shape index (κ2) is 9.75. The third-order valence-electron chi connectivity index (χ3n) is 3.26. The highest BCUT2D eigenvalue weighted by atomic mass is 79.9. The van der Waals surface area contributed by atoms with Crippen LogP contribution in [0.25, 0.3) is 0 Å². The first kappa shape index (κ1) is 19.7. The standard InChI is InChI=1S/C18H18BrClN2O2S/c1-12-4-9-16(15(19)11-12)21-18(25)22-17(23)3-2-10-24-14-7-5-13(20)6-8-14/h4-9,11H,2-3,10H2,1H3,(H2,21,22,23,25). The molecule has 4 nitrogen and oxygen atoms in total. The number of ether oxygens (including phenoxy) is 1. The van der Waals surface area contributed by atoms with E-state index in [0.29, 0.717) is 24.5 Å². The van der Waals surface area contributed by atoms with E-state index >= 15 is 0 Å². The molecule has 7 heteroatoms. The highest BCUT2D eigenvalue weighted by Gasteiger charge is 2.07. The zero-order valence-corrected chi connectivity index (χ0v) is 16.8. The Kier molecular flexibility index (Phi) is 7.68. The fourth-order valence-electron chi connectivity index (χ4n) is 2.02. The lowest BCUT2D eigenvalue weighted by atomic mass is 10.2. The van der Waals surface area contributed by atoms with Crippen molar-refractivity contribution in [2.24, 2.45) is 0 Å². The summed E-state index contributed by atoms with van der Waals surface area (Å²) in [5.74, 6) is 0.576. The fraction of sp³-hybridized carbons (Fsp3) is 0.222. The van der Waals surface area contributed by atoms with Crippen LogP contribution in [0.3, 0.4) is 0 Å². The Balaban J connectivity index is 1.69. The molecular formula is C18H18BrClN2O2S. The maximum absolute atomic E-state index is 11.9. The van der Waals surface area contributed by atoms with Crippen molar-refractivity contribution in [2.45, 2.75) is 19.8 Å². The normalized spacial score (nSPS) is 10.2. The average Bonchev–Trinajstić information content (AvgIpc) is 2.56. The van der Waals surface area contributed by atoms with Crippen LogP contribution in [0.2, 0.25) is 5.02 Å². The van der Waals surface area contributed by atoms with Crippen molar-refractivity contribution in [1.82, 2.24) is 5.32 Å². The molecule has 25 heavy (non-hydrogen) atoms. The molecule has 2 rings (SSSR count). The average molecular weight is 442 g/mol. The van der Waals surface area contributed by atoms with Gasteiger partial charge >= 0.3 is 0 Å². The number of carbonyl (C=O) groups excluding carboxylic acids is 1. The summed E-state index contributed by atoms with van der Waals surface area (Å²) < 4.78 is 6.43. The van der Waals surface area contributed by atoms with Gasteiger partial charge in [0.1, 0.15) is 5.75 Å². The van der Waals surface area contributed by atoms with Crippen molar-refractivity contribution in [3.05, 3.63) is 57.5 Å². The molecule has 0 unspecified atom stereocenters. The van der Waals surface area contributed by atoms with Crippen LogP contribution in [0.4, 0.5) is 5.69 Å². The number of hydrogen-bond acceptors (Lipinski definition) is 3. The van der Waals surface area contributed by atoms with E-state index in [1.807, 2.05) is 25.1 Å². The summed E-state index contributed by atoms with van der Waals surface area (Å²) >= 11 is 14.4. The lowest BCUT2D eigenvalue weighted by molar-refractivity contribution is -0.119. The second-order valence-electron chi connectivity index (χ2n) is 5.39. The minimum absolute atomic E-state index is 0.152. The highest BCUT2D eigenvalue weighted by Crippen LogP contribution is 2.23. The Morgan fingerprint density at radius 3 is 2.64 bits per heavy atom. The van der Waals surface area contributed by atoms with E-state index in [2.05, 4.69) is 26.6 Å². The van der Waals surface area contributed by atoms with Crippen LogP contribution in [-0.4, -0.2) is 17.6 Å². The van der Waals surface area contributed by atoms with Gasteiger partial charge in [0.05, 0.1) is 12.3 Å². The maximum atomic E-state index is 11.9. The molecule has 0 saturated heterocycles. The molecule has 2 aromatic carbocycles. The van der Waals surface area contributed by atoms with Crippen molar-refractivity contribution in [2.75, 3.05) is 11.9 Å². The predicted octanol–water partition coefficient (Wildman–Crippen LogP) is 5.08. The van der Waals surface area contributed by atoms with Gasteiger partial charge in [-0.15, -0.1) is 0 Å². The number of hydrogen-bond donors (Lipinski definition) is 2. The second-order valence-corrected chi connectivity index (χ2v) is 7.09.